The van der Waals surface area contributed by atoms with Gasteiger partial charge in [0.15, 0.2) is 6.61 Å². The second-order valence-corrected chi connectivity index (χ2v) is 9.53. The molecule has 0 saturated carbocycles. The van der Waals surface area contributed by atoms with Crippen LogP contribution in [0.5, 0.6) is 0 Å². The van der Waals surface area contributed by atoms with E-state index in [9.17, 15) is 9.59 Å². The standard InChI is InChI=1S/C28H50O4/c1-5-6-7-8-9-10-11-12-13-14-15-23-31-27(29)20-17-21-28(30)32-24-22-26(4)19-16-18-25(2)3/h25-26H,5-13,16-24H2,1-4H3. The average molecular weight is 451 g/mol. The summed E-state index contributed by atoms with van der Waals surface area (Å²) >= 11 is 0. The van der Waals surface area contributed by atoms with E-state index in [0.717, 1.165) is 25.2 Å². The zero-order valence-corrected chi connectivity index (χ0v) is 21.5. The molecule has 1 unspecified atom stereocenters. The highest BCUT2D eigenvalue weighted by molar-refractivity contribution is 5.72. The molecule has 0 aromatic rings. The number of ether oxygens (including phenoxy) is 2. The summed E-state index contributed by atoms with van der Waals surface area (Å²) in [7, 11) is 0. The van der Waals surface area contributed by atoms with Crippen LogP contribution < -0.4 is 0 Å². The van der Waals surface area contributed by atoms with E-state index in [4.69, 9.17) is 9.47 Å². The van der Waals surface area contributed by atoms with Gasteiger partial charge in [0, 0.05) is 19.3 Å². The molecule has 4 heteroatoms. The van der Waals surface area contributed by atoms with E-state index in [1.54, 1.807) is 0 Å². The summed E-state index contributed by atoms with van der Waals surface area (Å²) in [6.07, 6.45) is 16.8. The van der Waals surface area contributed by atoms with Crippen LogP contribution in [0, 0.1) is 23.7 Å². The van der Waals surface area contributed by atoms with Crippen LogP contribution in [0.3, 0.4) is 0 Å². The Balaban J connectivity index is 3.52. The Morgan fingerprint density at radius 2 is 1.31 bits per heavy atom. The first-order valence-corrected chi connectivity index (χ1v) is 13.2. The molecular formula is C28H50O4. The molecule has 1 atom stereocenters. The molecule has 0 heterocycles. The van der Waals surface area contributed by atoms with Crippen LogP contribution in [0.4, 0.5) is 0 Å². The van der Waals surface area contributed by atoms with Crippen LogP contribution >= 0.6 is 0 Å². The molecule has 32 heavy (non-hydrogen) atoms. The Labute approximate surface area is 198 Å². The third-order valence-electron chi connectivity index (χ3n) is 5.70. The van der Waals surface area contributed by atoms with Gasteiger partial charge in [-0.05, 0) is 31.1 Å². The lowest BCUT2D eigenvalue weighted by Gasteiger charge is -2.12. The highest BCUT2D eigenvalue weighted by atomic mass is 16.5. The molecule has 0 bridgehead atoms. The molecule has 0 spiro atoms. The van der Waals surface area contributed by atoms with Crippen molar-refractivity contribution in [1.82, 2.24) is 0 Å². The van der Waals surface area contributed by atoms with E-state index in [0.29, 0.717) is 18.9 Å². The lowest BCUT2D eigenvalue weighted by molar-refractivity contribution is -0.145. The molecule has 0 fully saturated rings. The van der Waals surface area contributed by atoms with Crippen LogP contribution in [-0.4, -0.2) is 25.2 Å². The molecule has 0 radical (unpaired) electrons. The minimum atomic E-state index is -0.294. The Kier molecular flexibility index (Phi) is 21.6. The van der Waals surface area contributed by atoms with Crippen LogP contribution in [0.1, 0.15) is 130 Å². The van der Waals surface area contributed by atoms with E-state index < -0.39 is 0 Å². The van der Waals surface area contributed by atoms with E-state index in [1.165, 1.54) is 64.2 Å². The summed E-state index contributed by atoms with van der Waals surface area (Å²) in [5.41, 5.74) is 0. The molecular weight excluding hydrogens is 400 g/mol. The van der Waals surface area contributed by atoms with Crippen molar-refractivity contribution in [3.63, 3.8) is 0 Å². The minimum absolute atomic E-state index is 0.148. The van der Waals surface area contributed by atoms with Crippen molar-refractivity contribution >= 4 is 11.9 Å². The molecule has 0 rings (SSSR count). The molecule has 0 aliphatic heterocycles. The number of carbonyl (C=O) groups excluding carboxylic acids is 2. The first-order valence-electron chi connectivity index (χ1n) is 13.2. The SMILES string of the molecule is CCCCCCCCCCC#CCOC(=O)CCCC(=O)OCCC(C)CCCC(C)C. The van der Waals surface area contributed by atoms with Gasteiger partial charge in [-0.25, -0.2) is 0 Å². The van der Waals surface area contributed by atoms with Gasteiger partial charge < -0.3 is 9.47 Å². The van der Waals surface area contributed by atoms with Crippen molar-refractivity contribution in [2.75, 3.05) is 13.2 Å². The number of hydrogen-bond donors (Lipinski definition) is 0. The van der Waals surface area contributed by atoms with E-state index in [-0.39, 0.29) is 31.4 Å². The smallest absolute Gasteiger partial charge is 0.306 e. The quantitative estimate of drug-likeness (QED) is 0.109. The maximum Gasteiger partial charge on any atom is 0.306 e. The summed E-state index contributed by atoms with van der Waals surface area (Å²) in [4.78, 5) is 23.5. The van der Waals surface area contributed by atoms with Crippen molar-refractivity contribution in [1.29, 1.82) is 0 Å². The van der Waals surface area contributed by atoms with Crippen LogP contribution in [0.25, 0.3) is 0 Å². The Morgan fingerprint density at radius 1 is 0.688 bits per heavy atom. The first kappa shape index (κ1) is 30.5. The highest BCUT2D eigenvalue weighted by Gasteiger charge is 2.09. The first-order chi connectivity index (χ1) is 15.5. The van der Waals surface area contributed by atoms with Crippen molar-refractivity contribution in [2.24, 2.45) is 11.8 Å². The summed E-state index contributed by atoms with van der Waals surface area (Å²) in [5, 5.41) is 0. The van der Waals surface area contributed by atoms with Crippen molar-refractivity contribution in [3.05, 3.63) is 0 Å². The van der Waals surface area contributed by atoms with E-state index in [2.05, 4.69) is 39.5 Å². The van der Waals surface area contributed by atoms with Gasteiger partial charge in [0.25, 0.3) is 0 Å². The summed E-state index contributed by atoms with van der Waals surface area (Å²) < 4.78 is 10.4. The molecule has 0 saturated heterocycles. The third kappa shape index (κ3) is 23.2. The number of hydrogen-bond acceptors (Lipinski definition) is 4. The zero-order valence-electron chi connectivity index (χ0n) is 21.5. The normalized spacial score (nSPS) is 11.7. The molecule has 0 aromatic carbocycles. The maximum absolute atomic E-state index is 11.8. The number of carbonyl (C=O) groups is 2. The topological polar surface area (TPSA) is 52.6 Å². The monoisotopic (exact) mass is 450 g/mol. The van der Waals surface area contributed by atoms with Crippen molar-refractivity contribution < 1.29 is 19.1 Å². The van der Waals surface area contributed by atoms with Gasteiger partial charge in [0.2, 0.25) is 0 Å². The van der Waals surface area contributed by atoms with Crippen molar-refractivity contribution in [2.45, 2.75) is 130 Å². The van der Waals surface area contributed by atoms with Gasteiger partial charge in [-0.15, -0.1) is 0 Å². The van der Waals surface area contributed by atoms with Gasteiger partial charge in [0.05, 0.1) is 6.61 Å². The number of rotatable bonds is 20. The molecule has 186 valence electrons. The third-order valence-corrected chi connectivity index (χ3v) is 5.70. The predicted molar refractivity (Wildman–Crippen MR) is 133 cm³/mol. The Bertz CT molecular complexity index is 515. The predicted octanol–water partition coefficient (Wildman–Crippen LogP) is 7.63. The maximum atomic E-state index is 11.8. The highest BCUT2D eigenvalue weighted by Crippen LogP contribution is 2.15. The second kappa shape index (κ2) is 22.7. The number of unbranched alkanes of at least 4 members (excludes halogenated alkanes) is 8. The molecule has 0 aliphatic rings. The fourth-order valence-corrected chi connectivity index (χ4v) is 3.52. The lowest BCUT2D eigenvalue weighted by Crippen LogP contribution is -2.10. The molecule has 0 aliphatic carbocycles. The Hall–Kier alpha value is -1.50. The Morgan fingerprint density at radius 3 is 1.97 bits per heavy atom. The van der Waals surface area contributed by atoms with Crippen LogP contribution in [0.15, 0.2) is 0 Å². The minimum Gasteiger partial charge on any atom is -0.466 e. The van der Waals surface area contributed by atoms with Gasteiger partial charge in [-0.2, -0.15) is 0 Å². The second-order valence-electron chi connectivity index (χ2n) is 9.53. The summed E-state index contributed by atoms with van der Waals surface area (Å²) in [5.74, 6) is 6.79. The van der Waals surface area contributed by atoms with E-state index >= 15 is 0 Å². The molecule has 0 aromatic heterocycles. The fourth-order valence-electron chi connectivity index (χ4n) is 3.52. The zero-order chi connectivity index (χ0) is 23.9. The van der Waals surface area contributed by atoms with Gasteiger partial charge in [0.1, 0.15) is 0 Å². The summed E-state index contributed by atoms with van der Waals surface area (Å²) in [6, 6.07) is 0. The van der Waals surface area contributed by atoms with Crippen LogP contribution in [0.2, 0.25) is 0 Å². The summed E-state index contributed by atoms with van der Waals surface area (Å²) in [6.45, 7) is 9.56. The lowest BCUT2D eigenvalue weighted by atomic mass is 9.98. The average Bonchev–Trinajstić information content (AvgIpc) is 2.74. The van der Waals surface area contributed by atoms with Crippen LogP contribution in [-0.2, 0) is 19.1 Å². The molecule has 0 amide bonds. The number of esters is 2. The largest absolute Gasteiger partial charge is 0.466 e. The molecule has 4 nitrogen and oxygen atoms in total. The fraction of sp³-hybridized carbons (Fsp3) is 0.857. The van der Waals surface area contributed by atoms with E-state index in [1.807, 2.05) is 0 Å². The van der Waals surface area contributed by atoms with Gasteiger partial charge in [-0.3, -0.25) is 9.59 Å². The van der Waals surface area contributed by atoms with Gasteiger partial charge in [-0.1, -0.05) is 104 Å². The van der Waals surface area contributed by atoms with Crippen molar-refractivity contribution in [3.8, 4) is 11.8 Å². The molecule has 0 N–H and O–H groups in total. The van der Waals surface area contributed by atoms with Gasteiger partial charge >= 0.3 is 11.9 Å².